The summed E-state index contributed by atoms with van der Waals surface area (Å²) in [6.07, 6.45) is 3.75. The van der Waals surface area contributed by atoms with Crippen LogP contribution in [0.15, 0.2) is 47.5 Å². The summed E-state index contributed by atoms with van der Waals surface area (Å²) in [7, 11) is 0. The van der Waals surface area contributed by atoms with Crippen molar-refractivity contribution in [1.29, 1.82) is 0 Å². The summed E-state index contributed by atoms with van der Waals surface area (Å²) in [5.41, 5.74) is 10.8. The lowest BCUT2D eigenvalue weighted by molar-refractivity contribution is -0.138. The lowest BCUT2D eigenvalue weighted by atomic mass is 9.78. The molecule has 0 aliphatic heterocycles. The number of hydrogen-bond acceptors (Lipinski definition) is 2. The molecule has 3 N–H and O–H groups in total. The Hall–Kier alpha value is -2.51. The Morgan fingerprint density at radius 2 is 1.94 bits per heavy atom. The Morgan fingerprint density at radius 3 is 2.51 bits per heavy atom. The molecule has 3 atom stereocenters. The van der Waals surface area contributed by atoms with Gasteiger partial charge in [-0.25, -0.2) is 0 Å². The van der Waals surface area contributed by atoms with Crippen molar-refractivity contribution >= 4 is 17.6 Å². The molecule has 35 heavy (non-hydrogen) atoms. The van der Waals surface area contributed by atoms with Crippen LogP contribution in [0.4, 0.5) is 13.2 Å². The first-order valence-corrected chi connectivity index (χ1v) is 12.3. The Kier molecular flexibility index (Phi) is 7.21. The molecule has 4 nitrogen and oxygen atoms in total. The van der Waals surface area contributed by atoms with Crippen molar-refractivity contribution in [2.24, 2.45) is 5.73 Å². The fraction of sp³-hybridized carbons (Fsp3) is 0.444. The first-order chi connectivity index (χ1) is 16.5. The van der Waals surface area contributed by atoms with Crippen molar-refractivity contribution in [2.75, 3.05) is 0 Å². The van der Waals surface area contributed by atoms with E-state index in [4.69, 9.17) is 17.3 Å². The average Bonchev–Trinajstić information content (AvgIpc) is 3.08. The fourth-order valence-corrected chi connectivity index (χ4v) is 5.85. The van der Waals surface area contributed by atoms with E-state index in [9.17, 15) is 23.1 Å². The molecule has 8 heteroatoms. The highest BCUT2D eigenvalue weighted by Crippen LogP contribution is 2.46. The number of aliphatic carboxylic acids is 1. The first kappa shape index (κ1) is 25.6. The van der Waals surface area contributed by atoms with E-state index in [1.807, 2.05) is 18.2 Å². The molecule has 0 fully saturated rings. The molecule has 1 aromatic heterocycles. The van der Waals surface area contributed by atoms with Crippen molar-refractivity contribution in [3.63, 3.8) is 0 Å². The highest BCUT2D eigenvalue weighted by Gasteiger charge is 2.36. The second-order valence-electron chi connectivity index (χ2n) is 9.80. The molecule has 188 valence electrons. The standard InChI is InChI=1S/C27H30ClF3N2O2/c1-15(2)25-24(20-11-10-19(28)13-22(20)32)21-5-3-4-17(12-23(34)35)26(21)33(25)14-16-6-8-18(9-7-16)27(29,30)31/h6-11,13,15,17,20,22H,3-5,12,14,32H2,1-2H3,(H,34,35). The van der Waals surface area contributed by atoms with Gasteiger partial charge in [-0.1, -0.05) is 43.7 Å². The molecule has 0 spiro atoms. The number of alkyl halides is 3. The lowest BCUT2D eigenvalue weighted by Gasteiger charge is -2.27. The number of rotatable bonds is 6. The Morgan fingerprint density at radius 1 is 1.26 bits per heavy atom. The van der Waals surface area contributed by atoms with Gasteiger partial charge in [-0.15, -0.1) is 0 Å². The van der Waals surface area contributed by atoms with Crippen LogP contribution in [0.25, 0.3) is 0 Å². The van der Waals surface area contributed by atoms with Gasteiger partial charge in [0.2, 0.25) is 0 Å². The zero-order chi connectivity index (χ0) is 25.5. The van der Waals surface area contributed by atoms with Crippen LogP contribution in [0.2, 0.25) is 0 Å². The monoisotopic (exact) mass is 506 g/mol. The topological polar surface area (TPSA) is 68.2 Å². The van der Waals surface area contributed by atoms with Crippen molar-refractivity contribution in [2.45, 2.75) is 76.0 Å². The number of nitrogens with zero attached hydrogens (tertiary/aromatic N) is 1. The summed E-state index contributed by atoms with van der Waals surface area (Å²) in [5, 5.41) is 10.2. The zero-order valence-electron chi connectivity index (χ0n) is 19.8. The number of carboxylic acid groups (broad SMARTS) is 1. The highest BCUT2D eigenvalue weighted by atomic mass is 35.5. The van der Waals surface area contributed by atoms with Crippen LogP contribution in [-0.4, -0.2) is 21.7 Å². The number of halogens is 4. The first-order valence-electron chi connectivity index (χ1n) is 11.9. The van der Waals surface area contributed by atoms with E-state index in [2.05, 4.69) is 18.4 Å². The van der Waals surface area contributed by atoms with E-state index in [1.54, 1.807) is 0 Å². The van der Waals surface area contributed by atoms with Crippen LogP contribution in [0, 0.1) is 0 Å². The van der Waals surface area contributed by atoms with Crippen LogP contribution in [0.5, 0.6) is 0 Å². The van der Waals surface area contributed by atoms with Gasteiger partial charge in [0.15, 0.2) is 0 Å². The predicted molar refractivity (Wildman–Crippen MR) is 131 cm³/mol. The maximum absolute atomic E-state index is 13.1. The number of hydrogen-bond donors (Lipinski definition) is 2. The number of benzene rings is 1. The Labute approximate surface area is 208 Å². The SMILES string of the molecule is CC(C)c1c(C2C=CC(Cl)=CC2N)c2c(n1Cc1ccc(C(F)(F)F)cc1)C(CC(=O)O)CCC2. The van der Waals surface area contributed by atoms with Crippen LogP contribution >= 0.6 is 11.6 Å². The molecule has 3 unspecified atom stereocenters. The molecule has 0 saturated carbocycles. The number of carboxylic acids is 1. The van der Waals surface area contributed by atoms with Crippen molar-refractivity contribution in [1.82, 2.24) is 4.57 Å². The van der Waals surface area contributed by atoms with Gasteiger partial charge in [0, 0.05) is 40.8 Å². The van der Waals surface area contributed by atoms with Gasteiger partial charge >= 0.3 is 12.1 Å². The van der Waals surface area contributed by atoms with E-state index in [1.165, 1.54) is 12.1 Å². The quantitative estimate of drug-likeness (QED) is 0.459. The van der Waals surface area contributed by atoms with Gasteiger partial charge in [0.05, 0.1) is 12.0 Å². The minimum atomic E-state index is -4.40. The summed E-state index contributed by atoms with van der Waals surface area (Å²) < 4.78 is 41.4. The molecule has 2 aliphatic rings. The summed E-state index contributed by atoms with van der Waals surface area (Å²) in [6, 6.07) is 4.88. The third-order valence-corrected chi connectivity index (χ3v) is 7.26. The van der Waals surface area contributed by atoms with Gasteiger partial charge in [-0.05, 0) is 66.2 Å². The minimum Gasteiger partial charge on any atom is -0.481 e. The normalized spacial score (nSPS) is 22.3. The molecular weight excluding hydrogens is 477 g/mol. The molecule has 1 heterocycles. The second-order valence-corrected chi connectivity index (χ2v) is 10.2. The molecule has 0 amide bonds. The van der Waals surface area contributed by atoms with Gasteiger partial charge in [-0.3, -0.25) is 4.79 Å². The summed E-state index contributed by atoms with van der Waals surface area (Å²) in [5.74, 6) is -1.04. The van der Waals surface area contributed by atoms with E-state index >= 15 is 0 Å². The van der Waals surface area contributed by atoms with Gasteiger partial charge in [0.1, 0.15) is 0 Å². The molecular formula is C27H30ClF3N2O2. The second kappa shape index (κ2) is 9.86. The predicted octanol–water partition coefficient (Wildman–Crippen LogP) is 6.68. The van der Waals surface area contributed by atoms with E-state index in [-0.39, 0.29) is 30.2 Å². The molecule has 2 aromatic rings. The minimum absolute atomic E-state index is 0.0132. The Bertz CT molecular complexity index is 1160. The van der Waals surface area contributed by atoms with Crippen molar-refractivity contribution < 1.29 is 23.1 Å². The molecule has 1 aromatic carbocycles. The zero-order valence-corrected chi connectivity index (χ0v) is 20.5. The number of aromatic nitrogens is 1. The van der Waals surface area contributed by atoms with Gasteiger partial charge < -0.3 is 15.4 Å². The van der Waals surface area contributed by atoms with E-state index < -0.39 is 17.7 Å². The number of nitrogens with two attached hydrogens (primary N) is 1. The Balaban J connectivity index is 1.88. The fourth-order valence-electron chi connectivity index (χ4n) is 5.63. The number of allylic oxidation sites excluding steroid dienone is 2. The number of carbonyl (C=O) groups is 1. The summed E-state index contributed by atoms with van der Waals surface area (Å²) in [6.45, 7) is 4.54. The molecule has 2 aliphatic carbocycles. The number of fused-ring (bicyclic) bond motifs is 1. The average molecular weight is 507 g/mol. The third kappa shape index (κ3) is 5.21. The molecule has 0 bridgehead atoms. The van der Waals surface area contributed by atoms with Crippen LogP contribution in [-0.2, 0) is 23.9 Å². The largest absolute Gasteiger partial charge is 0.481 e. The van der Waals surface area contributed by atoms with Crippen LogP contribution in [0.3, 0.4) is 0 Å². The maximum Gasteiger partial charge on any atom is 0.416 e. The third-order valence-electron chi connectivity index (χ3n) is 7.01. The van der Waals surface area contributed by atoms with Crippen LogP contribution < -0.4 is 5.73 Å². The summed E-state index contributed by atoms with van der Waals surface area (Å²) in [4.78, 5) is 11.7. The molecule has 0 saturated heterocycles. The highest BCUT2D eigenvalue weighted by molar-refractivity contribution is 6.31. The summed E-state index contributed by atoms with van der Waals surface area (Å²) >= 11 is 6.19. The van der Waals surface area contributed by atoms with Crippen LogP contribution in [0.1, 0.15) is 84.5 Å². The van der Waals surface area contributed by atoms with Crippen molar-refractivity contribution in [3.05, 3.63) is 81.2 Å². The molecule has 4 rings (SSSR count). The van der Waals surface area contributed by atoms with Gasteiger partial charge in [-0.2, -0.15) is 13.2 Å². The van der Waals surface area contributed by atoms with Crippen molar-refractivity contribution in [3.8, 4) is 0 Å². The maximum atomic E-state index is 13.1. The lowest BCUT2D eigenvalue weighted by Crippen LogP contribution is -2.28. The molecule has 0 radical (unpaired) electrons. The van der Waals surface area contributed by atoms with Gasteiger partial charge in [0.25, 0.3) is 0 Å². The smallest absolute Gasteiger partial charge is 0.416 e. The van der Waals surface area contributed by atoms with E-state index in [0.29, 0.717) is 11.6 Å². The van der Waals surface area contributed by atoms with E-state index in [0.717, 1.165) is 59.5 Å².